The van der Waals surface area contributed by atoms with E-state index >= 15 is 0 Å². The standard InChI is InChI=1S/C22H23N5O3/c28-21(20-2-1-15-30-20)24-18-3-5-19(6-4-18)25-22(29)27-13-11-26(12-14-27)16-17-7-9-23-10-8-17/h1-10,15H,11-14,16H2,(H,24,28)(H,25,29). The minimum Gasteiger partial charge on any atom is -0.459 e. The Bertz CT molecular complexity index is 966. The van der Waals surface area contributed by atoms with Crippen LogP contribution in [0.15, 0.2) is 71.6 Å². The number of nitrogens with zero attached hydrogens (tertiary/aromatic N) is 3. The number of urea groups is 1. The Morgan fingerprint density at radius 2 is 1.57 bits per heavy atom. The van der Waals surface area contributed by atoms with Crippen molar-refractivity contribution in [2.75, 3.05) is 36.8 Å². The zero-order valence-corrected chi connectivity index (χ0v) is 16.5. The van der Waals surface area contributed by atoms with Gasteiger partial charge in [0.25, 0.3) is 5.91 Å². The summed E-state index contributed by atoms with van der Waals surface area (Å²) in [6.45, 7) is 3.87. The van der Waals surface area contributed by atoms with Crippen molar-refractivity contribution in [1.29, 1.82) is 0 Å². The fourth-order valence-electron chi connectivity index (χ4n) is 3.30. The van der Waals surface area contributed by atoms with E-state index in [4.69, 9.17) is 4.42 Å². The van der Waals surface area contributed by atoms with Gasteiger partial charge in [-0.15, -0.1) is 0 Å². The van der Waals surface area contributed by atoms with Gasteiger partial charge in [0.05, 0.1) is 6.26 Å². The van der Waals surface area contributed by atoms with E-state index in [-0.39, 0.29) is 17.7 Å². The number of furan rings is 1. The third-order valence-electron chi connectivity index (χ3n) is 4.95. The summed E-state index contributed by atoms with van der Waals surface area (Å²) in [6, 6.07) is 14.2. The molecule has 1 aromatic carbocycles. The monoisotopic (exact) mass is 405 g/mol. The van der Waals surface area contributed by atoms with Gasteiger partial charge in [-0.1, -0.05) is 0 Å². The smallest absolute Gasteiger partial charge is 0.321 e. The van der Waals surface area contributed by atoms with Crippen molar-refractivity contribution >= 4 is 23.3 Å². The van der Waals surface area contributed by atoms with Crippen molar-refractivity contribution < 1.29 is 14.0 Å². The Labute approximate surface area is 174 Å². The second-order valence-corrected chi connectivity index (χ2v) is 7.06. The fourth-order valence-corrected chi connectivity index (χ4v) is 3.30. The predicted octanol–water partition coefficient (Wildman–Crippen LogP) is 3.28. The quantitative estimate of drug-likeness (QED) is 0.680. The Morgan fingerprint density at radius 3 is 2.20 bits per heavy atom. The van der Waals surface area contributed by atoms with E-state index in [9.17, 15) is 9.59 Å². The number of nitrogens with one attached hydrogen (secondary N) is 2. The van der Waals surface area contributed by atoms with Gasteiger partial charge in [-0.25, -0.2) is 4.79 Å². The van der Waals surface area contributed by atoms with E-state index in [1.807, 2.05) is 17.0 Å². The Hall–Kier alpha value is -3.65. The van der Waals surface area contributed by atoms with E-state index in [2.05, 4.69) is 20.5 Å². The zero-order valence-electron chi connectivity index (χ0n) is 16.5. The van der Waals surface area contributed by atoms with E-state index in [0.717, 1.165) is 19.6 Å². The van der Waals surface area contributed by atoms with Gasteiger partial charge in [-0.2, -0.15) is 0 Å². The number of anilines is 2. The molecule has 4 rings (SSSR count). The van der Waals surface area contributed by atoms with Crippen LogP contribution in [-0.2, 0) is 6.54 Å². The highest BCUT2D eigenvalue weighted by atomic mass is 16.3. The highest BCUT2D eigenvalue weighted by Gasteiger charge is 2.21. The molecular weight excluding hydrogens is 382 g/mol. The van der Waals surface area contributed by atoms with Crippen LogP contribution >= 0.6 is 0 Å². The molecular formula is C22H23N5O3. The van der Waals surface area contributed by atoms with Crippen LogP contribution in [0.3, 0.4) is 0 Å². The number of amides is 3. The Balaban J connectivity index is 1.24. The number of hydrogen-bond donors (Lipinski definition) is 2. The molecule has 3 heterocycles. The number of pyridine rings is 1. The molecule has 0 unspecified atom stereocenters. The normalized spacial score (nSPS) is 14.3. The van der Waals surface area contributed by atoms with Crippen molar-refractivity contribution in [3.8, 4) is 0 Å². The number of carbonyl (C=O) groups is 2. The van der Waals surface area contributed by atoms with E-state index in [1.165, 1.54) is 11.8 Å². The maximum atomic E-state index is 12.6. The Morgan fingerprint density at radius 1 is 0.900 bits per heavy atom. The molecule has 8 heteroatoms. The summed E-state index contributed by atoms with van der Waals surface area (Å²) in [4.78, 5) is 32.7. The van der Waals surface area contributed by atoms with Gasteiger partial charge in [0, 0.05) is 56.5 Å². The minimum atomic E-state index is -0.318. The van der Waals surface area contributed by atoms with Crippen LogP contribution in [0.2, 0.25) is 0 Å². The lowest BCUT2D eigenvalue weighted by atomic mass is 10.2. The van der Waals surface area contributed by atoms with Crippen molar-refractivity contribution in [3.05, 3.63) is 78.5 Å². The molecule has 2 N–H and O–H groups in total. The molecule has 3 amide bonds. The van der Waals surface area contributed by atoms with Crippen LogP contribution in [0.25, 0.3) is 0 Å². The van der Waals surface area contributed by atoms with Gasteiger partial charge in [-0.05, 0) is 54.1 Å². The van der Waals surface area contributed by atoms with E-state index in [1.54, 1.807) is 48.8 Å². The molecule has 0 saturated carbocycles. The van der Waals surface area contributed by atoms with Crippen LogP contribution in [0.5, 0.6) is 0 Å². The molecule has 0 spiro atoms. The van der Waals surface area contributed by atoms with Crippen LogP contribution in [0.4, 0.5) is 16.2 Å². The summed E-state index contributed by atoms with van der Waals surface area (Å²) in [5, 5.41) is 5.66. The summed E-state index contributed by atoms with van der Waals surface area (Å²) in [6.07, 6.45) is 5.05. The molecule has 2 aromatic heterocycles. The lowest BCUT2D eigenvalue weighted by molar-refractivity contribution is 0.0996. The summed E-state index contributed by atoms with van der Waals surface area (Å²) in [7, 11) is 0. The van der Waals surface area contributed by atoms with Crippen LogP contribution in [0.1, 0.15) is 16.1 Å². The molecule has 0 atom stereocenters. The van der Waals surface area contributed by atoms with Crippen LogP contribution in [0, 0.1) is 0 Å². The van der Waals surface area contributed by atoms with Gasteiger partial charge in [0.2, 0.25) is 0 Å². The fraction of sp³-hybridized carbons (Fsp3) is 0.227. The zero-order chi connectivity index (χ0) is 20.8. The average Bonchev–Trinajstić information content (AvgIpc) is 3.31. The molecule has 0 bridgehead atoms. The van der Waals surface area contributed by atoms with Crippen LogP contribution in [-0.4, -0.2) is 52.9 Å². The molecule has 30 heavy (non-hydrogen) atoms. The highest BCUT2D eigenvalue weighted by molar-refractivity contribution is 6.02. The van der Waals surface area contributed by atoms with Crippen LogP contribution < -0.4 is 10.6 Å². The molecule has 1 saturated heterocycles. The number of benzene rings is 1. The topological polar surface area (TPSA) is 90.7 Å². The number of aromatic nitrogens is 1. The van der Waals surface area contributed by atoms with Crippen molar-refractivity contribution in [2.24, 2.45) is 0 Å². The average molecular weight is 405 g/mol. The number of hydrogen-bond acceptors (Lipinski definition) is 5. The van der Waals surface area contributed by atoms with Gasteiger partial charge in [0.1, 0.15) is 0 Å². The van der Waals surface area contributed by atoms with Crippen molar-refractivity contribution in [2.45, 2.75) is 6.54 Å². The summed E-state index contributed by atoms with van der Waals surface area (Å²) >= 11 is 0. The second-order valence-electron chi connectivity index (χ2n) is 7.06. The minimum absolute atomic E-state index is 0.120. The summed E-state index contributed by atoms with van der Waals surface area (Å²) in [5.74, 6) is -0.0723. The number of rotatable bonds is 5. The molecule has 154 valence electrons. The molecule has 1 aliphatic rings. The van der Waals surface area contributed by atoms with Gasteiger partial charge in [-0.3, -0.25) is 14.7 Å². The highest BCUT2D eigenvalue weighted by Crippen LogP contribution is 2.16. The largest absolute Gasteiger partial charge is 0.459 e. The molecule has 1 fully saturated rings. The summed E-state index contributed by atoms with van der Waals surface area (Å²) in [5.41, 5.74) is 2.52. The summed E-state index contributed by atoms with van der Waals surface area (Å²) < 4.78 is 5.07. The maximum absolute atomic E-state index is 12.6. The van der Waals surface area contributed by atoms with E-state index < -0.39 is 0 Å². The molecule has 0 aliphatic carbocycles. The molecule has 0 radical (unpaired) electrons. The van der Waals surface area contributed by atoms with Gasteiger partial charge >= 0.3 is 6.03 Å². The third kappa shape index (κ3) is 5.03. The third-order valence-corrected chi connectivity index (χ3v) is 4.95. The lowest BCUT2D eigenvalue weighted by Gasteiger charge is -2.34. The van der Waals surface area contributed by atoms with Gasteiger partial charge < -0.3 is 20.0 Å². The van der Waals surface area contributed by atoms with E-state index in [0.29, 0.717) is 24.5 Å². The predicted molar refractivity (Wildman–Crippen MR) is 113 cm³/mol. The first-order valence-electron chi connectivity index (χ1n) is 9.79. The van der Waals surface area contributed by atoms with Crippen molar-refractivity contribution in [3.63, 3.8) is 0 Å². The number of carbonyl (C=O) groups excluding carboxylic acids is 2. The van der Waals surface area contributed by atoms with Crippen molar-refractivity contribution in [1.82, 2.24) is 14.8 Å². The SMILES string of the molecule is O=C(Nc1ccc(NC(=O)N2CCN(Cc3ccncc3)CC2)cc1)c1ccco1. The lowest BCUT2D eigenvalue weighted by Crippen LogP contribution is -2.49. The first-order chi connectivity index (χ1) is 14.7. The second kappa shape index (κ2) is 9.23. The first-order valence-corrected chi connectivity index (χ1v) is 9.79. The molecule has 3 aromatic rings. The maximum Gasteiger partial charge on any atom is 0.321 e. The molecule has 8 nitrogen and oxygen atoms in total. The molecule has 1 aliphatic heterocycles. The number of piperazine rings is 1. The Kier molecular flexibility index (Phi) is 6.05. The first kappa shape index (κ1) is 19.7. The van der Waals surface area contributed by atoms with Gasteiger partial charge in [0.15, 0.2) is 5.76 Å².